The number of benzene rings is 2. The highest BCUT2D eigenvalue weighted by molar-refractivity contribution is 7.99. The maximum atomic E-state index is 13.0. The monoisotopic (exact) mass is 449 g/mol. The van der Waals surface area contributed by atoms with Gasteiger partial charge in [0.25, 0.3) is 0 Å². The topological polar surface area (TPSA) is 43.9 Å². The van der Waals surface area contributed by atoms with E-state index in [2.05, 4.69) is 58.3 Å². The average molecular weight is 450 g/mol. The molecule has 168 valence electrons. The molecule has 0 spiro atoms. The highest BCUT2D eigenvalue weighted by Crippen LogP contribution is 2.47. The van der Waals surface area contributed by atoms with Gasteiger partial charge >= 0.3 is 0 Å². The van der Waals surface area contributed by atoms with Crippen molar-refractivity contribution in [3.63, 3.8) is 0 Å². The van der Waals surface area contributed by atoms with Crippen LogP contribution in [0.25, 0.3) is 0 Å². The Hall–Kier alpha value is -2.47. The molecular weight excluding hydrogens is 418 g/mol. The second kappa shape index (κ2) is 9.57. The predicted molar refractivity (Wildman–Crippen MR) is 128 cm³/mol. The SMILES string of the molecule is O=C(CCN1c2ccccc2Sc2ccccc21)N1CCC(C(=O)N2CCCCC2)CC1. The minimum Gasteiger partial charge on any atom is -0.343 e. The van der Waals surface area contributed by atoms with Crippen LogP contribution >= 0.6 is 11.8 Å². The molecule has 3 aliphatic rings. The Balaban J connectivity index is 1.19. The number of rotatable bonds is 4. The van der Waals surface area contributed by atoms with Crippen LogP contribution in [0.1, 0.15) is 38.5 Å². The van der Waals surface area contributed by atoms with Crippen LogP contribution in [-0.4, -0.2) is 54.3 Å². The van der Waals surface area contributed by atoms with Crippen molar-refractivity contribution in [2.45, 2.75) is 48.3 Å². The number of anilines is 2. The number of nitrogens with zero attached hydrogens (tertiary/aromatic N) is 3. The summed E-state index contributed by atoms with van der Waals surface area (Å²) >= 11 is 1.79. The average Bonchev–Trinajstić information content (AvgIpc) is 2.86. The zero-order valence-electron chi connectivity index (χ0n) is 18.5. The van der Waals surface area contributed by atoms with E-state index in [1.807, 2.05) is 4.90 Å². The number of fused-ring (bicyclic) bond motifs is 2. The van der Waals surface area contributed by atoms with Crippen LogP contribution in [0, 0.1) is 5.92 Å². The summed E-state index contributed by atoms with van der Waals surface area (Å²) in [6, 6.07) is 16.8. The van der Waals surface area contributed by atoms with Gasteiger partial charge in [-0.2, -0.15) is 0 Å². The van der Waals surface area contributed by atoms with Crippen LogP contribution in [0.4, 0.5) is 11.4 Å². The molecule has 2 fully saturated rings. The predicted octanol–water partition coefficient (Wildman–Crippen LogP) is 4.93. The van der Waals surface area contributed by atoms with Gasteiger partial charge in [0.1, 0.15) is 0 Å². The smallest absolute Gasteiger partial charge is 0.225 e. The van der Waals surface area contributed by atoms with Crippen LogP contribution in [0.5, 0.6) is 0 Å². The standard InChI is InChI=1S/C26H31N3O2S/c30-25(27-17-12-20(13-18-27)26(31)28-15-6-1-7-16-28)14-19-29-21-8-2-4-10-23(21)32-24-11-5-3-9-22(24)29/h2-5,8-11,20H,1,6-7,12-19H2. The van der Waals surface area contributed by atoms with Gasteiger partial charge in [0.05, 0.1) is 11.4 Å². The summed E-state index contributed by atoms with van der Waals surface area (Å²) in [5.74, 6) is 0.605. The first-order valence-corrected chi connectivity index (χ1v) is 12.7. The van der Waals surface area contributed by atoms with Crippen molar-refractivity contribution >= 4 is 35.0 Å². The molecule has 0 bridgehead atoms. The highest BCUT2D eigenvalue weighted by Gasteiger charge is 2.31. The minimum atomic E-state index is 0.0926. The lowest BCUT2D eigenvalue weighted by Gasteiger charge is -2.36. The summed E-state index contributed by atoms with van der Waals surface area (Å²) in [5, 5.41) is 0. The molecule has 5 nitrogen and oxygen atoms in total. The second-order valence-corrected chi connectivity index (χ2v) is 10.1. The molecule has 5 rings (SSSR count). The fourth-order valence-electron chi connectivity index (χ4n) is 5.14. The molecule has 0 atom stereocenters. The summed E-state index contributed by atoms with van der Waals surface area (Å²) in [7, 11) is 0. The number of carbonyl (C=O) groups is 2. The molecule has 3 heterocycles. The molecule has 0 radical (unpaired) electrons. The Morgan fingerprint density at radius 3 is 2.00 bits per heavy atom. The van der Waals surface area contributed by atoms with Gasteiger partial charge in [-0.15, -0.1) is 0 Å². The zero-order valence-corrected chi connectivity index (χ0v) is 19.4. The molecule has 0 saturated carbocycles. The first kappa shape index (κ1) is 21.4. The van der Waals surface area contributed by atoms with Crippen molar-refractivity contribution < 1.29 is 9.59 Å². The normalized spacial score (nSPS) is 18.8. The molecule has 6 heteroatoms. The van der Waals surface area contributed by atoms with E-state index in [9.17, 15) is 9.59 Å². The lowest BCUT2D eigenvalue weighted by molar-refractivity contribution is -0.141. The van der Waals surface area contributed by atoms with Gasteiger partial charge in [0, 0.05) is 54.9 Å². The quantitative estimate of drug-likeness (QED) is 0.664. The van der Waals surface area contributed by atoms with Gasteiger partial charge in [0.15, 0.2) is 0 Å². The van der Waals surface area contributed by atoms with Gasteiger partial charge in [0.2, 0.25) is 11.8 Å². The summed E-state index contributed by atoms with van der Waals surface area (Å²) in [6.07, 6.45) is 5.58. The van der Waals surface area contributed by atoms with E-state index in [-0.39, 0.29) is 11.8 Å². The Morgan fingerprint density at radius 1 is 0.781 bits per heavy atom. The summed E-state index contributed by atoms with van der Waals surface area (Å²) in [6.45, 7) is 3.89. The molecule has 0 N–H and O–H groups in total. The second-order valence-electron chi connectivity index (χ2n) is 8.98. The van der Waals surface area contributed by atoms with Crippen LogP contribution < -0.4 is 4.90 Å². The molecule has 2 aromatic rings. The molecule has 0 aliphatic carbocycles. The number of amides is 2. The van der Waals surface area contributed by atoms with Gasteiger partial charge in [-0.3, -0.25) is 9.59 Å². The van der Waals surface area contributed by atoms with Crippen molar-refractivity contribution in [2.24, 2.45) is 5.92 Å². The van der Waals surface area contributed by atoms with Crippen LogP contribution in [0.15, 0.2) is 58.3 Å². The molecule has 2 amide bonds. The number of para-hydroxylation sites is 2. The van der Waals surface area contributed by atoms with E-state index in [1.54, 1.807) is 11.8 Å². The zero-order chi connectivity index (χ0) is 21.9. The van der Waals surface area contributed by atoms with Gasteiger partial charge in [-0.1, -0.05) is 36.0 Å². The number of piperidine rings is 2. The van der Waals surface area contributed by atoms with Gasteiger partial charge in [-0.25, -0.2) is 0 Å². The van der Waals surface area contributed by atoms with Gasteiger partial charge in [-0.05, 0) is 56.4 Å². The third-order valence-electron chi connectivity index (χ3n) is 6.95. The first-order valence-electron chi connectivity index (χ1n) is 11.9. The van der Waals surface area contributed by atoms with Crippen molar-refractivity contribution in [1.29, 1.82) is 0 Å². The molecule has 0 unspecified atom stereocenters. The largest absolute Gasteiger partial charge is 0.343 e. The Labute approximate surface area is 194 Å². The number of likely N-dealkylation sites (tertiary alicyclic amines) is 2. The van der Waals surface area contributed by atoms with Crippen molar-refractivity contribution in [1.82, 2.24) is 9.80 Å². The molecule has 2 saturated heterocycles. The van der Waals surface area contributed by atoms with E-state index in [0.29, 0.717) is 32.0 Å². The summed E-state index contributed by atoms with van der Waals surface area (Å²) in [4.78, 5) is 34.6. The molecule has 0 aromatic heterocycles. The molecule has 3 aliphatic heterocycles. The molecule has 32 heavy (non-hydrogen) atoms. The maximum Gasteiger partial charge on any atom is 0.225 e. The minimum absolute atomic E-state index is 0.0926. The molecule has 2 aromatic carbocycles. The molecular formula is C26H31N3O2S. The Bertz CT molecular complexity index is 935. The van der Waals surface area contributed by atoms with Crippen LogP contribution in [0.3, 0.4) is 0 Å². The van der Waals surface area contributed by atoms with Gasteiger partial charge < -0.3 is 14.7 Å². The van der Waals surface area contributed by atoms with E-state index in [1.165, 1.54) is 27.6 Å². The summed E-state index contributed by atoms with van der Waals surface area (Å²) < 4.78 is 0. The fraction of sp³-hybridized carbons (Fsp3) is 0.462. The number of carbonyl (C=O) groups excluding carboxylic acids is 2. The van der Waals surface area contributed by atoms with E-state index < -0.39 is 0 Å². The lowest BCUT2D eigenvalue weighted by atomic mass is 9.94. The first-order chi connectivity index (χ1) is 15.7. The van der Waals surface area contributed by atoms with Crippen molar-refractivity contribution in [3.8, 4) is 0 Å². The van der Waals surface area contributed by atoms with E-state index in [4.69, 9.17) is 0 Å². The third-order valence-corrected chi connectivity index (χ3v) is 8.08. The van der Waals surface area contributed by atoms with Crippen molar-refractivity contribution in [3.05, 3.63) is 48.5 Å². The van der Waals surface area contributed by atoms with Crippen LogP contribution in [-0.2, 0) is 9.59 Å². The van der Waals surface area contributed by atoms with Crippen molar-refractivity contribution in [2.75, 3.05) is 37.6 Å². The van der Waals surface area contributed by atoms with Crippen LogP contribution in [0.2, 0.25) is 0 Å². The summed E-state index contributed by atoms with van der Waals surface area (Å²) in [5.41, 5.74) is 2.35. The number of hydrogen-bond acceptors (Lipinski definition) is 4. The Kier molecular flexibility index (Phi) is 6.39. The highest BCUT2D eigenvalue weighted by atomic mass is 32.2. The third kappa shape index (κ3) is 4.38. The van der Waals surface area contributed by atoms with E-state index >= 15 is 0 Å². The lowest BCUT2D eigenvalue weighted by Crippen LogP contribution is -2.46. The van der Waals surface area contributed by atoms with E-state index in [0.717, 1.165) is 38.8 Å². The Morgan fingerprint density at radius 2 is 1.38 bits per heavy atom. The number of hydrogen-bond donors (Lipinski definition) is 0. The maximum absolute atomic E-state index is 13.0. The fourth-order valence-corrected chi connectivity index (χ4v) is 6.23.